The molecule has 0 bridgehead atoms. The average Bonchev–Trinajstić information content (AvgIpc) is 2.14. The molecule has 0 amide bonds. The van der Waals surface area contributed by atoms with Crippen LogP contribution in [-0.2, 0) is 6.42 Å². The zero-order valence-corrected chi connectivity index (χ0v) is 10.2. The minimum atomic E-state index is 0.598. The lowest BCUT2D eigenvalue weighted by atomic mass is 9.99. The number of fused-ring (bicyclic) bond motifs is 1. The molecule has 2 nitrogen and oxygen atoms in total. The van der Waals surface area contributed by atoms with Crippen LogP contribution in [0.4, 0.5) is 0 Å². The van der Waals surface area contributed by atoms with Crippen molar-refractivity contribution in [1.29, 1.82) is 0 Å². The fourth-order valence-electron chi connectivity index (χ4n) is 2.29. The van der Waals surface area contributed by atoms with Crippen molar-refractivity contribution in [3.63, 3.8) is 0 Å². The molecule has 1 aromatic carbocycles. The Kier molecular flexibility index (Phi) is 2.45. The summed E-state index contributed by atoms with van der Waals surface area (Å²) in [5, 5.41) is 0. The van der Waals surface area contributed by atoms with Gasteiger partial charge < -0.3 is 4.74 Å². The van der Waals surface area contributed by atoms with Crippen molar-refractivity contribution in [2.45, 2.75) is 18.9 Å². The molecule has 0 saturated carbocycles. The summed E-state index contributed by atoms with van der Waals surface area (Å²) in [4.78, 5) is 2.52. The molecule has 1 fully saturated rings. The molecule has 0 aromatic heterocycles. The first-order valence-electron chi connectivity index (χ1n) is 5.48. The third kappa shape index (κ3) is 1.79. The zero-order chi connectivity index (χ0) is 10.3. The molecule has 15 heavy (non-hydrogen) atoms. The standard InChI is InChI=1S/C12H14BrNO/c13-10-2-3-12-9(6-10)7-11(8-15-12)14-4-1-5-14/h2-3,6,11H,1,4-5,7-8H2. The molecule has 2 aliphatic heterocycles. The lowest BCUT2D eigenvalue weighted by molar-refractivity contribution is 0.0692. The second-order valence-electron chi connectivity index (χ2n) is 4.31. The van der Waals surface area contributed by atoms with Gasteiger partial charge in [0, 0.05) is 10.5 Å². The predicted octanol–water partition coefficient (Wildman–Crippen LogP) is 2.46. The van der Waals surface area contributed by atoms with Crippen molar-refractivity contribution in [3.8, 4) is 5.75 Å². The minimum absolute atomic E-state index is 0.598. The van der Waals surface area contributed by atoms with Gasteiger partial charge in [0.05, 0.1) is 0 Å². The van der Waals surface area contributed by atoms with Crippen molar-refractivity contribution in [1.82, 2.24) is 4.90 Å². The predicted molar refractivity (Wildman–Crippen MR) is 63.3 cm³/mol. The fraction of sp³-hybridized carbons (Fsp3) is 0.500. The van der Waals surface area contributed by atoms with Gasteiger partial charge in [-0.2, -0.15) is 0 Å². The van der Waals surface area contributed by atoms with Gasteiger partial charge in [0.2, 0.25) is 0 Å². The van der Waals surface area contributed by atoms with Gasteiger partial charge in [-0.25, -0.2) is 0 Å². The lowest BCUT2D eigenvalue weighted by Gasteiger charge is -2.40. The Bertz CT molecular complexity index is 376. The lowest BCUT2D eigenvalue weighted by Crippen LogP contribution is -2.50. The van der Waals surface area contributed by atoms with Crippen LogP contribution in [0, 0.1) is 0 Å². The Morgan fingerprint density at radius 1 is 1.33 bits per heavy atom. The SMILES string of the molecule is Brc1ccc2c(c1)CC(N1CCC1)CO2. The third-order valence-electron chi connectivity index (χ3n) is 3.32. The smallest absolute Gasteiger partial charge is 0.122 e. The maximum absolute atomic E-state index is 5.79. The van der Waals surface area contributed by atoms with Gasteiger partial charge in [-0.3, -0.25) is 4.90 Å². The molecule has 1 unspecified atom stereocenters. The van der Waals surface area contributed by atoms with Gasteiger partial charge in [-0.05, 0) is 49.7 Å². The summed E-state index contributed by atoms with van der Waals surface area (Å²) in [6, 6.07) is 6.89. The van der Waals surface area contributed by atoms with Crippen LogP contribution in [0.15, 0.2) is 22.7 Å². The number of hydrogen-bond acceptors (Lipinski definition) is 2. The van der Waals surface area contributed by atoms with Crippen LogP contribution in [-0.4, -0.2) is 30.6 Å². The number of rotatable bonds is 1. The van der Waals surface area contributed by atoms with E-state index in [9.17, 15) is 0 Å². The van der Waals surface area contributed by atoms with Gasteiger partial charge in [0.25, 0.3) is 0 Å². The first kappa shape index (κ1) is 9.67. The molecule has 3 rings (SSSR count). The fourth-order valence-corrected chi connectivity index (χ4v) is 2.70. The van der Waals surface area contributed by atoms with E-state index >= 15 is 0 Å². The summed E-state index contributed by atoms with van der Waals surface area (Å²) in [5.41, 5.74) is 1.34. The number of likely N-dealkylation sites (tertiary alicyclic amines) is 1. The molecule has 0 aliphatic carbocycles. The van der Waals surface area contributed by atoms with E-state index in [4.69, 9.17) is 4.74 Å². The van der Waals surface area contributed by atoms with Gasteiger partial charge >= 0.3 is 0 Å². The molecule has 0 spiro atoms. The largest absolute Gasteiger partial charge is 0.492 e. The Labute approximate surface area is 98.4 Å². The molecule has 2 heterocycles. The summed E-state index contributed by atoms with van der Waals surface area (Å²) in [6.07, 6.45) is 2.48. The Balaban J connectivity index is 1.81. The first-order valence-corrected chi connectivity index (χ1v) is 6.27. The van der Waals surface area contributed by atoms with E-state index < -0.39 is 0 Å². The highest BCUT2D eigenvalue weighted by Crippen LogP contribution is 2.30. The molecule has 80 valence electrons. The molecular formula is C12H14BrNO. The van der Waals surface area contributed by atoms with Gasteiger partial charge in [0.15, 0.2) is 0 Å². The quantitative estimate of drug-likeness (QED) is 0.775. The average molecular weight is 268 g/mol. The molecular weight excluding hydrogens is 254 g/mol. The van der Waals surface area contributed by atoms with Crippen molar-refractivity contribution in [3.05, 3.63) is 28.2 Å². The molecule has 1 saturated heterocycles. The van der Waals surface area contributed by atoms with E-state index in [1.165, 1.54) is 25.1 Å². The van der Waals surface area contributed by atoms with Crippen LogP contribution in [0.1, 0.15) is 12.0 Å². The summed E-state index contributed by atoms with van der Waals surface area (Å²) >= 11 is 3.51. The van der Waals surface area contributed by atoms with Gasteiger partial charge in [-0.1, -0.05) is 15.9 Å². The van der Waals surface area contributed by atoms with E-state index in [2.05, 4.69) is 33.0 Å². The minimum Gasteiger partial charge on any atom is -0.492 e. The number of hydrogen-bond donors (Lipinski definition) is 0. The van der Waals surface area contributed by atoms with Crippen LogP contribution in [0.25, 0.3) is 0 Å². The number of halogens is 1. The number of benzene rings is 1. The summed E-state index contributed by atoms with van der Waals surface area (Å²) in [6.45, 7) is 3.35. The highest BCUT2D eigenvalue weighted by Gasteiger charge is 2.28. The second kappa shape index (κ2) is 3.80. The monoisotopic (exact) mass is 267 g/mol. The summed E-state index contributed by atoms with van der Waals surface area (Å²) < 4.78 is 6.93. The molecule has 0 radical (unpaired) electrons. The molecule has 1 aromatic rings. The molecule has 2 aliphatic rings. The normalized spacial score (nSPS) is 25.3. The van der Waals surface area contributed by atoms with Crippen LogP contribution in [0.2, 0.25) is 0 Å². The van der Waals surface area contributed by atoms with Gasteiger partial charge in [0.1, 0.15) is 12.4 Å². The second-order valence-corrected chi connectivity index (χ2v) is 5.23. The first-order chi connectivity index (χ1) is 7.33. The maximum Gasteiger partial charge on any atom is 0.122 e. The van der Waals surface area contributed by atoms with E-state index in [-0.39, 0.29) is 0 Å². The summed E-state index contributed by atoms with van der Waals surface area (Å²) in [7, 11) is 0. The maximum atomic E-state index is 5.79. The van der Waals surface area contributed by atoms with Crippen molar-refractivity contribution in [2.75, 3.05) is 19.7 Å². The third-order valence-corrected chi connectivity index (χ3v) is 3.81. The van der Waals surface area contributed by atoms with Crippen molar-refractivity contribution >= 4 is 15.9 Å². The van der Waals surface area contributed by atoms with Crippen LogP contribution in [0.3, 0.4) is 0 Å². The highest BCUT2D eigenvalue weighted by atomic mass is 79.9. The van der Waals surface area contributed by atoms with Crippen LogP contribution in [0.5, 0.6) is 5.75 Å². The summed E-state index contributed by atoms with van der Waals surface area (Å²) in [5.74, 6) is 1.06. The van der Waals surface area contributed by atoms with Crippen LogP contribution < -0.4 is 4.74 Å². The number of nitrogens with zero attached hydrogens (tertiary/aromatic N) is 1. The van der Waals surface area contributed by atoms with Crippen molar-refractivity contribution < 1.29 is 4.74 Å². The van der Waals surface area contributed by atoms with Crippen molar-refractivity contribution in [2.24, 2.45) is 0 Å². The highest BCUT2D eigenvalue weighted by molar-refractivity contribution is 9.10. The number of ether oxygens (including phenoxy) is 1. The zero-order valence-electron chi connectivity index (χ0n) is 8.58. The van der Waals surface area contributed by atoms with E-state index in [1.54, 1.807) is 0 Å². The molecule has 0 N–H and O–H groups in total. The molecule has 1 atom stereocenters. The van der Waals surface area contributed by atoms with Gasteiger partial charge in [-0.15, -0.1) is 0 Å². The van der Waals surface area contributed by atoms with E-state index in [0.717, 1.165) is 23.2 Å². The van der Waals surface area contributed by atoms with Crippen LogP contribution >= 0.6 is 15.9 Å². The Morgan fingerprint density at radius 3 is 2.93 bits per heavy atom. The van der Waals surface area contributed by atoms with E-state index in [1.807, 2.05) is 6.07 Å². The molecule has 3 heteroatoms. The Morgan fingerprint density at radius 2 is 2.20 bits per heavy atom. The Hall–Kier alpha value is -0.540. The van der Waals surface area contributed by atoms with E-state index in [0.29, 0.717) is 6.04 Å². The topological polar surface area (TPSA) is 12.5 Å².